The fourth-order valence-corrected chi connectivity index (χ4v) is 0.832. The van der Waals surface area contributed by atoms with E-state index < -0.39 is 12.4 Å². The first kappa shape index (κ1) is 11.3. The van der Waals surface area contributed by atoms with Gasteiger partial charge in [-0.25, -0.2) is 4.79 Å². The third-order valence-corrected chi connectivity index (χ3v) is 1.54. The largest absolute Gasteiger partial charge is 0.432 e. The van der Waals surface area contributed by atoms with Gasteiger partial charge in [0.15, 0.2) is 0 Å². The summed E-state index contributed by atoms with van der Waals surface area (Å²) >= 11 is 0. The zero-order valence-electron chi connectivity index (χ0n) is 8.34. The molecule has 1 unspecified atom stereocenters. The van der Waals surface area contributed by atoms with Crippen molar-refractivity contribution in [2.45, 2.75) is 13.4 Å². The van der Waals surface area contributed by atoms with Gasteiger partial charge < -0.3 is 14.6 Å². The smallest absolute Gasteiger partial charge is 0.360 e. The number of ether oxygens (including phenoxy) is 2. The summed E-state index contributed by atoms with van der Waals surface area (Å²) in [5, 5.41) is 9.22. The molecule has 0 aliphatic carbocycles. The Morgan fingerprint density at radius 3 is 2.53 bits per heavy atom. The lowest BCUT2D eigenvalue weighted by molar-refractivity contribution is -0.213. The van der Waals surface area contributed by atoms with Crippen molar-refractivity contribution in [1.82, 2.24) is 0 Å². The molecule has 0 spiro atoms. The number of rotatable bonds is 4. The average molecular weight is 208 g/mol. The zero-order chi connectivity index (χ0) is 11.3. The molecule has 1 atom stereocenters. The van der Waals surface area contributed by atoms with Gasteiger partial charge in [-0.2, -0.15) is 0 Å². The van der Waals surface area contributed by atoms with Gasteiger partial charge in [0.25, 0.3) is 0 Å². The van der Waals surface area contributed by atoms with Gasteiger partial charge in [-0.05, 0) is 19.1 Å². The molecule has 0 amide bonds. The molecule has 1 N–H and O–H groups in total. The third kappa shape index (κ3) is 3.83. The number of aliphatic hydroxyl groups is 1. The molecule has 80 valence electrons. The molecule has 0 aliphatic rings. The number of hydrogen-bond acceptors (Lipinski definition) is 4. The van der Waals surface area contributed by atoms with E-state index in [-0.39, 0.29) is 5.57 Å². The Kier molecular flexibility index (Phi) is 3.88. The number of carbonyl (C=O) groups excluding carboxylic acids is 1. The second kappa shape index (κ2) is 5.17. The summed E-state index contributed by atoms with van der Waals surface area (Å²) in [4.78, 5) is 11.0. The molecule has 0 saturated heterocycles. The zero-order valence-corrected chi connectivity index (χ0v) is 8.34. The summed E-state index contributed by atoms with van der Waals surface area (Å²) in [5.41, 5.74) is 0.200. The van der Waals surface area contributed by atoms with Gasteiger partial charge in [0.05, 0.1) is 0 Å². The van der Waals surface area contributed by atoms with Crippen LogP contribution in [0.5, 0.6) is 5.75 Å². The highest BCUT2D eigenvalue weighted by Gasteiger charge is 2.12. The summed E-state index contributed by atoms with van der Waals surface area (Å²) in [6, 6.07) is 8.56. The first-order valence-corrected chi connectivity index (χ1v) is 4.36. The molecule has 1 aromatic rings. The number of aliphatic hydroxyl groups excluding tert-OH is 1. The molecule has 1 aromatic carbocycles. The van der Waals surface area contributed by atoms with E-state index in [0.29, 0.717) is 5.75 Å². The Hall–Kier alpha value is -1.81. The van der Waals surface area contributed by atoms with Crippen LogP contribution in [0.1, 0.15) is 6.92 Å². The Morgan fingerprint density at radius 2 is 2.00 bits per heavy atom. The van der Waals surface area contributed by atoms with Crippen LogP contribution >= 0.6 is 0 Å². The van der Waals surface area contributed by atoms with Crippen molar-refractivity contribution in [3.63, 3.8) is 0 Å². The van der Waals surface area contributed by atoms with E-state index in [1.165, 1.54) is 6.92 Å². The van der Waals surface area contributed by atoms with E-state index in [9.17, 15) is 9.90 Å². The fraction of sp³-hybridized carbons (Fsp3) is 0.182. The first-order chi connectivity index (χ1) is 7.09. The molecule has 0 aromatic heterocycles. The monoisotopic (exact) mass is 208 g/mol. The molecule has 4 nitrogen and oxygen atoms in total. The van der Waals surface area contributed by atoms with Crippen molar-refractivity contribution >= 4 is 5.97 Å². The minimum absolute atomic E-state index is 0.200. The van der Waals surface area contributed by atoms with Crippen molar-refractivity contribution < 1.29 is 19.4 Å². The van der Waals surface area contributed by atoms with Gasteiger partial charge in [0, 0.05) is 5.57 Å². The molecule has 0 saturated carbocycles. The van der Waals surface area contributed by atoms with Crippen LogP contribution in [-0.4, -0.2) is 17.6 Å². The van der Waals surface area contributed by atoms with Crippen LogP contribution in [0, 0.1) is 0 Å². The minimum Gasteiger partial charge on any atom is -0.432 e. The molecule has 0 fully saturated rings. The van der Waals surface area contributed by atoms with E-state index >= 15 is 0 Å². The van der Waals surface area contributed by atoms with Crippen LogP contribution in [0.15, 0.2) is 42.5 Å². The lowest BCUT2D eigenvalue weighted by Crippen LogP contribution is -2.23. The van der Waals surface area contributed by atoms with E-state index in [0.717, 1.165) is 0 Å². The summed E-state index contributed by atoms with van der Waals surface area (Å²) in [6.07, 6.45) is 0. The molecular weight excluding hydrogens is 196 g/mol. The maximum atomic E-state index is 11.0. The molecule has 1 rings (SSSR count). The highest BCUT2D eigenvalue weighted by molar-refractivity contribution is 5.86. The number of carbonyl (C=O) groups is 1. The Morgan fingerprint density at radius 1 is 1.40 bits per heavy atom. The van der Waals surface area contributed by atoms with Crippen LogP contribution in [0.2, 0.25) is 0 Å². The van der Waals surface area contributed by atoms with E-state index in [1.807, 2.05) is 0 Å². The molecule has 0 aliphatic heterocycles. The summed E-state index contributed by atoms with van der Waals surface area (Å²) in [5.74, 6) is -0.280. The number of esters is 1. The maximum Gasteiger partial charge on any atom is 0.360 e. The predicted molar refractivity (Wildman–Crippen MR) is 54.0 cm³/mol. The molecule has 4 heteroatoms. The number of benzene rings is 1. The summed E-state index contributed by atoms with van der Waals surface area (Å²) in [7, 11) is 0. The lowest BCUT2D eigenvalue weighted by atomic mass is 10.3. The minimum atomic E-state index is -1.61. The third-order valence-electron chi connectivity index (χ3n) is 1.54. The standard InChI is InChI=1S/C11H12O4/c1-8(2)10(12)15-11(13)14-9-6-4-3-5-7-9/h3-7,11,13H,1H2,2H3. The van der Waals surface area contributed by atoms with Gasteiger partial charge in [-0.15, -0.1) is 0 Å². The van der Waals surface area contributed by atoms with E-state index in [1.54, 1.807) is 30.3 Å². The van der Waals surface area contributed by atoms with Crippen LogP contribution in [0.3, 0.4) is 0 Å². The summed E-state index contributed by atoms with van der Waals surface area (Å²) in [6.45, 7) is 3.24. The topological polar surface area (TPSA) is 55.8 Å². The highest BCUT2D eigenvalue weighted by Crippen LogP contribution is 2.10. The van der Waals surface area contributed by atoms with E-state index in [2.05, 4.69) is 11.3 Å². The van der Waals surface area contributed by atoms with Crippen molar-refractivity contribution in [3.05, 3.63) is 42.5 Å². The van der Waals surface area contributed by atoms with Crippen LogP contribution in [0.4, 0.5) is 0 Å². The molecule has 0 radical (unpaired) electrons. The second-order valence-corrected chi connectivity index (χ2v) is 2.92. The normalized spacial score (nSPS) is 11.6. The predicted octanol–water partition coefficient (Wildman–Crippen LogP) is 1.46. The fourth-order valence-electron chi connectivity index (χ4n) is 0.832. The van der Waals surface area contributed by atoms with Crippen molar-refractivity contribution in [1.29, 1.82) is 0 Å². The van der Waals surface area contributed by atoms with Gasteiger partial charge in [-0.1, -0.05) is 24.8 Å². The lowest BCUT2D eigenvalue weighted by Gasteiger charge is -2.13. The average Bonchev–Trinajstić information content (AvgIpc) is 2.18. The first-order valence-electron chi connectivity index (χ1n) is 4.36. The molecule has 0 bridgehead atoms. The van der Waals surface area contributed by atoms with Crippen molar-refractivity contribution in [3.8, 4) is 5.75 Å². The number of hydrogen-bond donors (Lipinski definition) is 1. The Bertz CT molecular complexity index is 345. The molecule has 0 heterocycles. The van der Waals surface area contributed by atoms with Crippen LogP contribution in [-0.2, 0) is 9.53 Å². The van der Waals surface area contributed by atoms with E-state index in [4.69, 9.17) is 4.74 Å². The highest BCUT2D eigenvalue weighted by atomic mass is 16.8. The van der Waals surface area contributed by atoms with Gasteiger partial charge in [0.2, 0.25) is 0 Å². The van der Waals surface area contributed by atoms with Gasteiger partial charge >= 0.3 is 12.4 Å². The number of para-hydroxylation sites is 1. The quantitative estimate of drug-likeness (QED) is 0.462. The second-order valence-electron chi connectivity index (χ2n) is 2.92. The maximum absolute atomic E-state index is 11.0. The Balaban J connectivity index is 2.46. The van der Waals surface area contributed by atoms with Crippen LogP contribution in [0.25, 0.3) is 0 Å². The van der Waals surface area contributed by atoms with Gasteiger partial charge in [-0.3, -0.25) is 0 Å². The molecular formula is C11H12O4. The Labute approximate surface area is 87.7 Å². The van der Waals surface area contributed by atoms with Crippen LogP contribution < -0.4 is 4.74 Å². The van der Waals surface area contributed by atoms with Gasteiger partial charge in [0.1, 0.15) is 5.75 Å². The van der Waals surface area contributed by atoms with Crippen molar-refractivity contribution in [2.24, 2.45) is 0 Å². The van der Waals surface area contributed by atoms with Crippen molar-refractivity contribution in [2.75, 3.05) is 0 Å². The summed E-state index contributed by atoms with van der Waals surface area (Å²) < 4.78 is 9.42. The SMILES string of the molecule is C=C(C)C(=O)OC(O)Oc1ccccc1. The molecule has 15 heavy (non-hydrogen) atoms.